The van der Waals surface area contributed by atoms with Crippen LogP contribution in [-0.4, -0.2) is 34.2 Å². The van der Waals surface area contributed by atoms with Gasteiger partial charge in [-0.15, -0.1) is 0 Å². The van der Waals surface area contributed by atoms with Crippen molar-refractivity contribution >= 4 is 30.4 Å². The first-order valence-corrected chi connectivity index (χ1v) is 4.25. The number of carbonyl (C=O) groups excluding carboxylic acids is 2. The molecule has 4 N–H and O–H groups in total. The number of hydrogen-bond acceptors (Lipinski definition) is 5. The SMILES string of the molecule is NC(CS)(C(=O)O)C1=CC(=O)NC1=O. The molecule has 0 fully saturated rings. The van der Waals surface area contributed by atoms with Crippen molar-refractivity contribution in [3.8, 4) is 0 Å². The van der Waals surface area contributed by atoms with Gasteiger partial charge in [0.25, 0.3) is 11.8 Å². The van der Waals surface area contributed by atoms with Crippen molar-refractivity contribution in [2.75, 3.05) is 5.75 Å². The van der Waals surface area contributed by atoms with Gasteiger partial charge in [0.15, 0.2) is 5.54 Å². The van der Waals surface area contributed by atoms with Crippen LogP contribution in [0.3, 0.4) is 0 Å². The molecule has 0 aromatic heterocycles. The van der Waals surface area contributed by atoms with Crippen LogP contribution in [0.2, 0.25) is 0 Å². The predicted octanol–water partition coefficient (Wildman–Crippen LogP) is -1.72. The summed E-state index contributed by atoms with van der Waals surface area (Å²) < 4.78 is 0. The second-order valence-electron chi connectivity index (χ2n) is 2.81. The monoisotopic (exact) mass is 216 g/mol. The highest BCUT2D eigenvalue weighted by Gasteiger charge is 2.43. The Hall–Kier alpha value is -1.34. The first-order valence-electron chi connectivity index (χ1n) is 3.62. The zero-order chi connectivity index (χ0) is 10.9. The number of carbonyl (C=O) groups is 3. The molecule has 14 heavy (non-hydrogen) atoms. The van der Waals surface area contributed by atoms with Crippen LogP contribution in [0.1, 0.15) is 0 Å². The van der Waals surface area contributed by atoms with Crippen molar-refractivity contribution in [3.05, 3.63) is 11.6 Å². The Bertz CT molecular complexity index is 352. The maximum Gasteiger partial charge on any atom is 0.329 e. The zero-order valence-electron chi connectivity index (χ0n) is 6.98. The molecule has 0 spiro atoms. The fourth-order valence-electron chi connectivity index (χ4n) is 1.01. The van der Waals surface area contributed by atoms with Crippen molar-refractivity contribution in [1.29, 1.82) is 0 Å². The number of amides is 2. The van der Waals surface area contributed by atoms with Gasteiger partial charge in [-0.2, -0.15) is 12.6 Å². The molecule has 0 bridgehead atoms. The van der Waals surface area contributed by atoms with E-state index in [1.807, 2.05) is 5.32 Å². The standard InChI is InChI=1S/C7H8N2O4S/c8-7(2-14,6(12)13)3-1-4(10)9-5(3)11/h1,14H,2,8H2,(H,12,13)(H,9,10,11). The molecule has 1 aliphatic heterocycles. The van der Waals surface area contributed by atoms with Crippen molar-refractivity contribution in [2.24, 2.45) is 5.73 Å². The number of imide groups is 1. The molecule has 0 aliphatic carbocycles. The van der Waals surface area contributed by atoms with E-state index in [0.29, 0.717) is 0 Å². The Balaban J connectivity index is 3.14. The number of aliphatic carboxylic acids is 1. The van der Waals surface area contributed by atoms with Crippen molar-refractivity contribution in [3.63, 3.8) is 0 Å². The summed E-state index contributed by atoms with van der Waals surface area (Å²) in [5.41, 5.74) is 3.25. The van der Waals surface area contributed by atoms with Gasteiger partial charge < -0.3 is 10.8 Å². The second-order valence-corrected chi connectivity index (χ2v) is 3.13. The van der Waals surface area contributed by atoms with Gasteiger partial charge in [-0.3, -0.25) is 14.9 Å². The average molecular weight is 216 g/mol. The van der Waals surface area contributed by atoms with Gasteiger partial charge in [-0.1, -0.05) is 0 Å². The quantitative estimate of drug-likeness (QED) is 0.331. The summed E-state index contributed by atoms with van der Waals surface area (Å²) in [6, 6.07) is 0. The molecule has 2 amide bonds. The minimum Gasteiger partial charge on any atom is -0.480 e. The molecule has 7 heteroatoms. The fraction of sp³-hybridized carbons (Fsp3) is 0.286. The van der Waals surface area contributed by atoms with Crippen LogP contribution in [0.15, 0.2) is 11.6 Å². The third kappa shape index (κ3) is 1.51. The van der Waals surface area contributed by atoms with E-state index in [1.165, 1.54) is 0 Å². The second kappa shape index (κ2) is 3.43. The van der Waals surface area contributed by atoms with Gasteiger partial charge >= 0.3 is 5.97 Å². The van der Waals surface area contributed by atoms with Gasteiger partial charge in [0.2, 0.25) is 0 Å². The molecule has 1 aliphatic rings. The minimum absolute atomic E-state index is 0.269. The van der Waals surface area contributed by atoms with E-state index in [-0.39, 0.29) is 11.3 Å². The Labute approximate surface area is 84.6 Å². The third-order valence-electron chi connectivity index (χ3n) is 1.87. The summed E-state index contributed by atoms with van der Waals surface area (Å²) in [7, 11) is 0. The van der Waals surface area contributed by atoms with E-state index >= 15 is 0 Å². The highest BCUT2D eigenvalue weighted by Crippen LogP contribution is 2.19. The Morgan fingerprint density at radius 2 is 2.21 bits per heavy atom. The smallest absolute Gasteiger partial charge is 0.329 e. The Morgan fingerprint density at radius 1 is 1.64 bits per heavy atom. The molecule has 76 valence electrons. The third-order valence-corrected chi connectivity index (χ3v) is 2.37. The van der Waals surface area contributed by atoms with E-state index in [2.05, 4.69) is 12.6 Å². The van der Waals surface area contributed by atoms with Gasteiger partial charge in [0, 0.05) is 11.8 Å². The number of nitrogens with one attached hydrogen (secondary N) is 1. The van der Waals surface area contributed by atoms with Crippen molar-refractivity contribution in [2.45, 2.75) is 5.54 Å². The van der Waals surface area contributed by atoms with E-state index in [4.69, 9.17) is 10.8 Å². The van der Waals surface area contributed by atoms with Crippen molar-refractivity contribution < 1.29 is 19.5 Å². The van der Waals surface area contributed by atoms with Crippen molar-refractivity contribution in [1.82, 2.24) is 5.32 Å². The van der Waals surface area contributed by atoms with E-state index in [9.17, 15) is 14.4 Å². The molecule has 0 saturated heterocycles. The summed E-state index contributed by atoms with van der Waals surface area (Å²) in [5, 5.41) is 10.7. The number of hydrogen-bond donors (Lipinski definition) is 4. The van der Waals surface area contributed by atoms with Crippen LogP contribution in [-0.2, 0) is 14.4 Å². The normalized spacial score (nSPS) is 20.0. The van der Waals surface area contributed by atoms with Gasteiger partial charge in [0.05, 0.1) is 5.57 Å². The van der Waals surface area contributed by atoms with Gasteiger partial charge in [0.1, 0.15) is 0 Å². The summed E-state index contributed by atoms with van der Waals surface area (Å²) in [6.07, 6.45) is 0.882. The van der Waals surface area contributed by atoms with Crippen LogP contribution in [0.4, 0.5) is 0 Å². The van der Waals surface area contributed by atoms with Crippen LogP contribution in [0, 0.1) is 0 Å². The fourth-order valence-corrected chi connectivity index (χ4v) is 1.32. The number of nitrogens with two attached hydrogens (primary N) is 1. The van der Waals surface area contributed by atoms with E-state index in [0.717, 1.165) is 6.08 Å². The minimum atomic E-state index is -1.92. The molecule has 1 heterocycles. The van der Waals surface area contributed by atoms with Gasteiger partial charge in [-0.05, 0) is 0 Å². The lowest BCUT2D eigenvalue weighted by Gasteiger charge is -2.21. The number of thiol groups is 1. The van der Waals surface area contributed by atoms with E-state index < -0.39 is 23.3 Å². The maximum absolute atomic E-state index is 11.1. The number of carboxylic acid groups (broad SMARTS) is 1. The zero-order valence-corrected chi connectivity index (χ0v) is 7.88. The molecular weight excluding hydrogens is 208 g/mol. The lowest BCUT2D eigenvalue weighted by molar-refractivity contribution is -0.142. The summed E-state index contributed by atoms with van der Waals surface area (Å²) in [5.74, 6) is -3.12. The van der Waals surface area contributed by atoms with E-state index in [1.54, 1.807) is 0 Å². The lowest BCUT2D eigenvalue weighted by Crippen LogP contribution is -2.53. The van der Waals surface area contributed by atoms with Crippen LogP contribution < -0.4 is 11.1 Å². The molecule has 0 aromatic carbocycles. The molecule has 1 unspecified atom stereocenters. The molecule has 0 aromatic rings. The number of carboxylic acids is 1. The lowest BCUT2D eigenvalue weighted by atomic mass is 9.93. The molecule has 0 radical (unpaired) electrons. The molecule has 0 saturated carbocycles. The number of rotatable bonds is 3. The topological polar surface area (TPSA) is 109 Å². The maximum atomic E-state index is 11.1. The molecule has 6 nitrogen and oxygen atoms in total. The molecular formula is C7H8N2O4S. The summed E-state index contributed by atoms with van der Waals surface area (Å²) in [4.78, 5) is 32.7. The largest absolute Gasteiger partial charge is 0.480 e. The van der Waals surface area contributed by atoms with Crippen LogP contribution >= 0.6 is 12.6 Å². The van der Waals surface area contributed by atoms with Gasteiger partial charge in [-0.25, -0.2) is 4.79 Å². The summed E-state index contributed by atoms with van der Waals surface area (Å²) >= 11 is 3.75. The first kappa shape index (κ1) is 10.7. The average Bonchev–Trinajstić information content (AvgIpc) is 2.44. The molecule has 1 rings (SSSR count). The predicted molar refractivity (Wildman–Crippen MR) is 49.6 cm³/mol. The first-order chi connectivity index (χ1) is 6.41. The van der Waals surface area contributed by atoms with Crippen LogP contribution in [0.5, 0.6) is 0 Å². The van der Waals surface area contributed by atoms with Crippen LogP contribution in [0.25, 0.3) is 0 Å². The summed E-state index contributed by atoms with van der Waals surface area (Å²) in [6.45, 7) is 0. The Morgan fingerprint density at radius 3 is 2.50 bits per heavy atom. The molecule has 1 atom stereocenters. The Kier molecular flexibility index (Phi) is 2.63. The highest BCUT2D eigenvalue weighted by molar-refractivity contribution is 7.80. The highest BCUT2D eigenvalue weighted by atomic mass is 32.1.